The second kappa shape index (κ2) is 7.11. The van der Waals surface area contributed by atoms with E-state index in [0.717, 1.165) is 16.9 Å². The van der Waals surface area contributed by atoms with E-state index >= 15 is 0 Å². The number of nitrogens with one attached hydrogen (secondary N) is 1. The molecule has 1 heterocycles. The molecule has 0 saturated heterocycles. The number of imidazole rings is 1. The van der Waals surface area contributed by atoms with E-state index in [2.05, 4.69) is 10.3 Å². The summed E-state index contributed by atoms with van der Waals surface area (Å²) in [4.78, 5) is 15.8. The van der Waals surface area contributed by atoms with Gasteiger partial charge < -0.3 is 15.0 Å². The van der Waals surface area contributed by atoms with Gasteiger partial charge in [0.05, 0.1) is 23.5 Å². The number of rotatable bonds is 7. The van der Waals surface area contributed by atoms with Gasteiger partial charge in [-0.2, -0.15) is 0 Å². The number of carboxylic acid groups (broad SMARTS) is 1. The summed E-state index contributed by atoms with van der Waals surface area (Å²) in [5, 5.41) is 13.1. The largest absolute Gasteiger partial charge is 0.481 e. The van der Waals surface area contributed by atoms with Crippen LogP contribution < -0.4 is 5.32 Å². The third-order valence-corrected chi connectivity index (χ3v) is 3.95. The monoisotopic (exact) mass is 323 g/mol. The Morgan fingerprint density at radius 1 is 1.45 bits per heavy atom. The van der Waals surface area contributed by atoms with Crippen LogP contribution in [0, 0.1) is 11.8 Å². The average molecular weight is 324 g/mol. The summed E-state index contributed by atoms with van der Waals surface area (Å²) in [6, 6.07) is 5.59. The Balaban J connectivity index is 2.02. The molecule has 0 saturated carbocycles. The first-order chi connectivity index (χ1) is 10.4. The molecular formula is C16H22ClN3O2. The molecule has 0 radical (unpaired) electrons. The number of benzene rings is 1. The lowest BCUT2D eigenvalue weighted by Crippen LogP contribution is -2.30. The molecule has 1 unspecified atom stereocenters. The number of aromatic nitrogens is 2. The molecule has 0 bridgehead atoms. The fraction of sp³-hybridized carbons (Fsp3) is 0.500. The van der Waals surface area contributed by atoms with E-state index in [4.69, 9.17) is 11.6 Å². The van der Waals surface area contributed by atoms with Gasteiger partial charge in [0.25, 0.3) is 0 Å². The number of fused-ring (bicyclic) bond motifs is 1. The van der Waals surface area contributed by atoms with Gasteiger partial charge in [0.2, 0.25) is 0 Å². The number of carbonyl (C=O) groups is 1. The van der Waals surface area contributed by atoms with E-state index in [0.29, 0.717) is 30.5 Å². The smallest absolute Gasteiger partial charge is 0.307 e. The molecule has 1 atom stereocenters. The zero-order chi connectivity index (χ0) is 16.3. The minimum atomic E-state index is -0.752. The molecule has 0 fully saturated rings. The number of hydrogen-bond acceptors (Lipinski definition) is 3. The van der Waals surface area contributed by atoms with Crippen LogP contribution in [0.4, 0.5) is 0 Å². The first-order valence-corrected chi connectivity index (χ1v) is 7.80. The number of aliphatic carboxylic acids is 1. The molecule has 0 amide bonds. The summed E-state index contributed by atoms with van der Waals surface area (Å²) in [5.41, 5.74) is 1.86. The standard InChI is InChI=1S/C16H22ClN3O2/c1-10(2)6-11(16(21)22)8-18-9-15-19-13-5-4-12(17)7-14(13)20(15)3/h4-5,7,10-11,18H,6,8-9H2,1-3H3,(H,21,22). The predicted molar refractivity (Wildman–Crippen MR) is 88.0 cm³/mol. The van der Waals surface area contributed by atoms with Crippen LogP contribution in [-0.4, -0.2) is 27.2 Å². The van der Waals surface area contributed by atoms with Gasteiger partial charge in [-0.15, -0.1) is 0 Å². The van der Waals surface area contributed by atoms with Crippen molar-refractivity contribution < 1.29 is 9.90 Å². The van der Waals surface area contributed by atoms with Crippen LogP contribution >= 0.6 is 11.6 Å². The lowest BCUT2D eigenvalue weighted by molar-refractivity contribution is -0.142. The molecule has 120 valence electrons. The maximum Gasteiger partial charge on any atom is 0.307 e. The highest BCUT2D eigenvalue weighted by molar-refractivity contribution is 6.31. The highest BCUT2D eigenvalue weighted by Gasteiger charge is 2.18. The number of hydrogen-bond donors (Lipinski definition) is 2. The molecule has 1 aromatic heterocycles. The second-order valence-corrected chi connectivity index (χ2v) is 6.45. The number of carboxylic acids is 1. The normalized spacial score (nSPS) is 13.0. The summed E-state index contributed by atoms with van der Waals surface area (Å²) in [7, 11) is 1.94. The van der Waals surface area contributed by atoms with Crippen molar-refractivity contribution in [3.63, 3.8) is 0 Å². The Morgan fingerprint density at radius 3 is 2.82 bits per heavy atom. The van der Waals surface area contributed by atoms with Gasteiger partial charge in [0.1, 0.15) is 5.82 Å². The van der Waals surface area contributed by atoms with Crippen LogP contribution in [0.1, 0.15) is 26.1 Å². The van der Waals surface area contributed by atoms with Crippen LogP contribution in [0.25, 0.3) is 11.0 Å². The number of aryl methyl sites for hydroxylation is 1. The van der Waals surface area contributed by atoms with E-state index in [1.807, 2.05) is 43.7 Å². The lowest BCUT2D eigenvalue weighted by atomic mass is 9.97. The summed E-state index contributed by atoms with van der Waals surface area (Å²) >= 11 is 6.01. The van der Waals surface area contributed by atoms with Crippen LogP contribution in [-0.2, 0) is 18.4 Å². The third kappa shape index (κ3) is 3.99. The molecule has 6 heteroatoms. The molecule has 0 spiro atoms. The van der Waals surface area contributed by atoms with Crippen LogP contribution in [0.5, 0.6) is 0 Å². The predicted octanol–water partition coefficient (Wildman–Crippen LogP) is 3.06. The van der Waals surface area contributed by atoms with Crippen LogP contribution in [0.2, 0.25) is 5.02 Å². The van der Waals surface area contributed by atoms with Gasteiger partial charge in [-0.25, -0.2) is 4.98 Å². The first kappa shape index (κ1) is 16.8. The van der Waals surface area contributed by atoms with Gasteiger partial charge in [-0.3, -0.25) is 4.79 Å². The number of halogens is 1. The zero-order valence-electron chi connectivity index (χ0n) is 13.1. The van der Waals surface area contributed by atoms with Crippen molar-refractivity contribution in [3.8, 4) is 0 Å². The van der Waals surface area contributed by atoms with E-state index in [9.17, 15) is 9.90 Å². The molecule has 0 aliphatic heterocycles. The minimum absolute atomic E-state index is 0.362. The second-order valence-electron chi connectivity index (χ2n) is 6.02. The lowest BCUT2D eigenvalue weighted by Gasteiger charge is -2.15. The van der Waals surface area contributed by atoms with Crippen molar-refractivity contribution in [3.05, 3.63) is 29.0 Å². The molecule has 2 aromatic rings. The maximum atomic E-state index is 11.2. The van der Waals surface area contributed by atoms with Crippen LogP contribution in [0.3, 0.4) is 0 Å². The summed E-state index contributed by atoms with van der Waals surface area (Å²) in [6.45, 7) is 5.04. The Kier molecular flexibility index (Phi) is 5.42. The van der Waals surface area contributed by atoms with Crippen molar-refractivity contribution in [2.45, 2.75) is 26.8 Å². The minimum Gasteiger partial charge on any atom is -0.481 e. The van der Waals surface area contributed by atoms with Crippen molar-refractivity contribution in [2.24, 2.45) is 18.9 Å². The zero-order valence-corrected chi connectivity index (χ0v) is 13.9. The summed E-state index contributed by atoms with van der Waals surface area (Å²) < 4.78 is 1.98. The SMILES string of the molecule is CC(C)CC(CNCc1nc2ccc(Cl)cc2n1C)C(=O)O. The van der Waals surface area contributed by atoms with Gasteiger partial charge >= 0.3 is 5.97 Å². The topological polar surface area (TPSA) is 67.2 Å². The quantitative estimate of drug-likeness (QED) is 0.821. The van der Waals surface area contributed by atoms with Gasteiger partial charge in [0, 0.05) is 18.6 Å². The Labute approximate surface area is 135 Å². The van der Waals surface area contributed by atoms with Gasteiger partial charge in [-0.1, -0.05) is 25.4 Å². The molecule has 1 aromatic carbocycles. The average Bonchev–Trinajstić information content (AvgIpc) is 2.74. The summed E-state index contributed by atoms with van der Waals surface area (Å²) in [6.07, 6.45) is 0.667. The van der Waals surface area contributed by atoms with Gasteiger partial charge in [-0.05, 0) is 30.5 Å². The molecule has 0 aliphatic rings. The van der Waals surface area contributed by atoms with Crippen LogP contribution in [0.15, 0.2) is 18.2 Å². The van der Waals surface area contributed by atoms with E-state index < -0.39 is 5.97 Å². The van der Waals surface area contributed by atoms with Crippen molar-refractivity contribution in [2.75, 3.05) is 6.54 Å². The summed E-state index contributed by atoms with van der Waals surface area (Å²) in [5.74, 6) is 0.105. The van der Waals surface area contributed by atoms with E-state index in [-0.39, 0.29) is 5.92 Å². The molecule has 22 heavy (non-hydrogen) atoms. The van der Waals surface area contributed by atoms with Crippen molar-refractivity contribution in [1.82, 2.24) is 14.9 Å². The first-order valence-electron chi connectivity index (χ1n) is 7.43. The molecular weight excluding hydrogens is 302 g/mol. The Bertz CT molecular complexity index is 667. The highest BCUT2D eigenvalue weighted by atomic mass is 35.5. The fourth-order valence-electron chi connectivity index (χ4n) is 2.57. The Hall–Kier alpha value is -1.59. The molecule has 5 nitrogen and oxygen atoms in total. The Morgan fingerprint density at radius 2 is 2.18 bits per heavy atom. The van der Waals surface area contributed by atoms with E-state index in [1.165, 1.54) is 0 Å². The van der Waals surface area contributed by atoms with Crippen molar-refractivity contribution >= 4 is 28.6 Å². The molecule has 2 rings (SSSR count). The molecule has 2 N–H and O–H groups in total. The fourth-order valence-corrected chi connectivity index (χ4v) is 2.74. The highest BCUT2D eigenvalue weighted by Crippen LogP contribution is 2.19. The third-order valence-electron chi connectivity index (χ3n) is 3.71. The van der Waals surface area contributed by atoms with Gasteiger partial charge in [0.15, 0.2) is 0 Å². The maximum absolute atomic E-state index is 11.2. The van der Waals surface area contributed by atoms with Crippen molar-refractivity contribution in [1.29, 1.82) is 0 Å². The molecule has 0 aliphatic carbocycles. The number of nitrogens with zero attached hydrogens (tertiary/aromatic N) is 2. The van der Waals surface area contributed by atoms with E-state index in [1.54, 1.807) is 0 Å².